The molecule has 0 saturated carbocycles. The SMILES string of the molecule is CCc1ccc(NC(=S)N2CCS[C@@H](C(=O)OC)C2)cc1. The minimum Gasteiger partial charge on any atom is -0.468 e. The Morgan fingerprint density at radius 2 is 2.19 bits per heavy atom. The maximum absolute atomic E-state index is 11.6. The van der Waals surface area contributed by atoms with E-state index in [1.165, 1.54) is 12.7 Å². The zero-order valence-corrected chi connectivity index (χ0v) is 13.9. The van der Waals surface area contributed by atoms with Crippen molar-refractivity contribution in [2.45, 2.75) is 18.6 Å². The second-order valence-electron chi connectivity index (χ2n) is 4.81. The van der Waals surface area contributed by atoms with Gasteiger partial charge in [0.15, 0.2) is 5.11 Å². The Bertz CT molecular complexity index is 505. The standard InChI is InChI=1S/C15H20N2O2S2/c1-3-11-4-6-12(7-5-11)16-15(20)17-8-9-21-13(10-17)14(18)19-2/h4-7,13H,3,8-10H2,1-2H3,(H,16,20)/t13-/m1/s1. The molecule has 1 aliphatic rings. The van der Waals surface area contributed by atoms with Gasteiger partial charge in [0.05, 0.1) is 7.11 Å². The molecule has 21 heavy (non-hydrogen) atoms. The van der Waals surface area contributed by atoms with Crippen LogP contribution in [0.5, 0.6) is 0 Å². The van der Waals surface area contributed by atoms with E-state index in [2.05, 4.69) is 24.4 Å². The minimum absolute atomic E-state index is 0.161. The van der Waals surface area contributed by atoms with Crippen LogP contribution in [0.1, 0.15) is 12.5 Å². The van der Waals surface area contributed by atoms with Crippen LogP contribution >= 0.6 is 24.0 Å². The molecule has 114 valence electrons. The lowest BCUT2D eigenvalue weighted by Crippen LogP contribution is -2.46. The predicted molar refractivity (Wildman–Crippen MR) is 91.9 cm³/mol. The Morgan fingerprint density at radius 1 is 1.48 bits per heavy atom. The lowest BCUT2D eigenvalue weighted by molar-refractivity contribution is -0.140. The molecule has 1 aromatic rings. The Morgan fingerprint density at radius 3 is 2.81 bits per heavy atom. The maximum atomic E-state index is 11.6. The average molecular weight is 324 g/mol. The number of ether oxygens (including phenoxy) is 1. The topological polar surface area (TPSA) is 41.6 Å². The highest BCUT2D eigenvalue weighted by molar-refractivity contribution is 8.00. The molecule has 2 rings (SSSR count). The Balaban J connectivity index is 1.94. The van der Waals surface area contributed by atoms with Gasteiger partial charge in [-0.1, -0.05) is 19.1 Å². The predicted octanol–water partition coefficient (Wildman–Crippen LogP) is 2.54. The highest BCUT2D eigenvalue weighted by Gasteiger charge is 2.28. The van der Waals surface area contributed by atoms with Gasteiger partial charge < -0.3 is 15.0 Å². The van der Waals surface area contributed by atoms with E-state index in [0.29, 0.717) is 11.7 Å². The number of hydrogen-bond donors (Lipinski definition) is 1. The summed E-state index contributed by atoms with van der Waals surface area (Å²) in [6.45, 7) is 3.57. The normalized spacial score (nSPS) is 18.2. The fraction of sp³-hybridized carbons (Fsp3) is 0.467. The summed E-state index contributed by atoms with van der Waals surface area (Å²) in [4.78, 5) is 13.7. The first kappa shape index (κ1) is 16.1. The van der Waals surface area contributed by atoms with Crippen molar-refractivity contribution in [3.05, 3.63) is 29.8 Å². The third kappa shape index (κ3) is 4.35. The van der Waals surface area contributed by atoms with Gasteiger partial charge in [-0.25, -0.2) is 0 Å². The highest BCUT2D eigenvalue weighted by Crippen LogP contribution is 2.21. The summed E-state index contributed by atoms with van der Waals surface area (Å²) in [7, 11) is 1.42. The van der Waals surface area contributed by atoms with Gasteiger partial charge in [-0.05, 0) is 36.3 Å². The van der Waals surface area contributed by atoms with E-state index >= 15 is 0 Å². The van der Waals surface area contributed by atoms with Crippen LogP contribution < -0.4 is 5.32 Å². The molecular weight excluding hydrogens is 304 g/mol. The average Bonchev–Trinajstić information content (AvgIpc) is 2.55. The molecule has 0 radical (unpaired) electrons. The Kier molecular flexibility index (Phi) is 5.87. The molecule has 6 heteroatoms. The smallest absolute Gasteiger partial charge is 0.320 e. The van der Waals surface area contributed by atoms with E-state index in [-0.39, 0.29) is 11.2 Å². The first-order valence-corrected chi connectivity index (χ1v) is 8.44. The largest absolute Gasteiger partial charge is 0.468 e. The van der Waals surface area contributed by atoms with E-state index in [1.54, 1.807) is 11.8 Å². The van der Waals surface area contributed by atoms with Gasteiger partial charge in [0.1, 0.15) is 5.25 Å². The zero-order valence-electron chi connectivity index (χ0n) is 12.3. The van der Waals surface area contributed by atoms with Crippen LogP contribution in [0.25, 0.3) is 0 Å². The zero-order chi connectivity index (χ0) is 15.2. The van der Waals surface area contributed by atoms with Crippen LogP contribution in [0.15, 0.2) is 24.3 Å². The van der Waals surface area contributed by atoms with Crippen LogP contribution in [0.3, 0.4) is 0 Å². The van der Waals surface area contributed by atoms with Crippen LogP contribution in [0.2, 0.25) is 0 Å². The quantitative estimate of drug-likeness (QED) is 0.681. The molecule has 1 heterocycles. The second kappa shape index (κ2) is 7.66. The summed E-state index contributed by atoms with van der Waals surface area (Å²) < 4.78 is 4.81. The van der Waals surface area contributed by atoms with Crippen molar-refractivity contribution in [1.29, 1.82) is 0 Å². The van der Waals surface area contributed by atoms with Crippen molar-refractivity contribution >= 4 is 40.7 Å². The number of nitrogens with zero attached hydrogens (tertiary/aromatic N) is 1. The van der Waals surface area contributed by atoms with E-state index in [9.17, 15) is 4.79 Å². The van der Waals surface area contributed by atoms with Gasteiger partial charge in [-0.3, -0.25) is 4.79 Å². The van der Waals surface area contributed by atoms with Crippen molar-refractivity contribution in [2.24, 2.45) is 0 Å². The van der Waals surface area contributed by atoms with Gasteiger partial charge in [0, 0.05) is 24.5 Å². The number of carbonyl (C=O) groups is 1. The number of thioether (sulfide) groups is 1. The molecule has 0 aromatic heterocycles. The molecule has 0 spiro atoms. The lowest BCUT2D eigenvalue weighted by Gasteiger charge is -2.33. The number of aryl methyl sites for hydroxylation is 1. The van der Waals surface area contributed by atoms with E-state index < -0.39 is 0 Å². The van der Waals surface area contributed by atoms with Gasteiger partial charge in [-0.15, -0.1) is 11.8 Å². The summed E-state index contributed by atoms with van der Waals surface area (Å²) in [6, 6.07) is 8.24. The van der Waals surface area contributed by atoms with E-state index in [4.69, 9.17) is 17.0 Å². The number of methoxy groups -OCH3 is 1. The van der Waals surface area contributed by atoms with Crippen LogP contribution in [-0.4, -0.2) is 47.2 Å². The van der Waals surface area contributed by atoms with Gasteiger partial charge in [-0.2, -0.15) is 0 Å². The molecule has 0 unspecified atom stereocenters. The third-order valence-corrected chi connectivity index (χ3v) is 4.95. The van der Waals surface area contributed by atoms with E-state index in [0.717, 1.165) is 24.4 Å². The van der Waals surface area contributed by atoms with Gasteiger partial charge in [0.25, 0.3) is 0 Å². The molecule has 1 fully saturated rings. The third-order valence-electron chi connectivity index (χ3n) is 3.43. The number of esters is 1. The van der Waals surface area contributed by atoms with Crippen molar-refractivity contribution in [2.75, 3.05) is 31.3 Å². The Hall–Kier alpha value is -1.27. The van der Waals surface area contributed by atoms with Crippen LogP contribution in [0.4, 0.5) is 5.69 Å². The minimum atomic E-state index is -0.181. The number of carbonyl (C=O) groups excluding carboxylic acids is 1. The molecule has 4 nitrogen and oxygen atoms in total. The van der Waals surface area contributed by atoms with E-state index in [1.807, 2.05) is 17.0 Å². The van der Waals surface area contributed by atoms with Crippen LogP contribution in [0, 0.1) is 0 Å². The molecular formula is C15H20N2O2S2. The molecule has 1 N–H and O–H groups in total. The van der Waals surface area contributed by atoms with Crippen molar-refractivity contribution in [3.8, 4) is 0 Å². The number of rotatable bonds is 3. The summed E-state index contributed by atoms with van der Waals surface area (Å²) in [5.41, 5.74) is 2.27. The number of hydrogen-bond acceptors (Lipinski definition) is 4. The molecule has 1 aliphatic heterocycles. The first-order chi connectivity index (χ1) is 10.1. The van der Waals surface area contributed by atoms with Gasteiger partial charge in [0.2, 0.25) is 0 Å². The van der Waals surface area contributed by atoms with Crippen molar-refractivity contribution in [3.63, 3.8) is 0 Å². The molecule has 0 aliphatic carbocycles. The number of nitrogens with one attached hydrogen (secondary N) is 1. The summed E-state index contributed by atoms with van der Waals surface area (Å²) in [6.07, 6.45) is 1.02. The molecule has 1 saturated heterocycles. The number of benzene rings is 1. The summed E-state index contributed by atoms with van der Waals surface area (Å²) in [5, 5.41) is 3.74. The maximum Gasteiger partial charge on any atom is 0.320 e. The monoisotopic (exact) mass is 324 g/mol. The fourth-order valence-electron chi connectivity index (χ4n) is 2.13. The molecule has 0 bridgehead atoms. The molecule has 1 aromatic carbocycles. The molecule has 1 atom stereocenters. The summed E-state index contributed by atoms with van der Waals surface area (Å²) in [5.74, 6) is 0.691. The highest BCUT2D eigenvalue weighted by atomic mass is 32.2. The fourth-order valence-corrected chi connectivity index (χ4v) is 3.55. The number of anilines is 1. The first-order valence-electron chi connectivity index (χ1n) is 6.98. The summed E-state index contributed by atoms with van der Waals surface area (Å²) >= 11 is 7.07. The van der Waals surface area contributed by atoms with Gasteiger partial charge >= 0.3 is 5.97 Å². The van der Waals surface area contributed by atoms with Crippen LogP contribution in [-0.2, 0) is 16.0 Å². The molecule has 0 amide bonds. The van der Waals surface area contributed by atoms with Crippen molar-refractivity contribution in [1.82, 2.24) is 4.90 Å². The van der Waals surface area contributed by atoms with Crippen molar-refractivity contribution < 1.29 is 9.53 Å². The lowest BCUT2D eigenvalue weighted by atomic mass is 10.1. The Labute approximate surface area is 135 Å². The number of thiocarbonyl (C=S) groups is 1. The second-order valence-corrected chi connectivity index (χ2v) is 6.51.